The van der Waals surface area contributed by atoms with E-state index in [0.717, 1.165) is 63.2 Å². The molecule has 0 aliphatic carbocycles. The molecule has 3 rings (SSSR count). The first-order valence-corrected chi connectivity index (χ1v) is 10.3. The van der Waals surface area contributed by atoms with E-state index in [1.807, 2.05) is 6.07 Å². The number of nitrogens with zero attached hydrogens (tertiary/aromatic N) is 2. The zero-order valence-electron chi connectivity index (χ0n) is 17.8. The summed E-state index contributed by atoms with van der Waals surface area (Å²) in [5.41, 5.74) is 1.21. The second-order valence-corrected chi connectivity index (χ2v) is 7.75. The Kier molecular flexibility index (Phi) is 10.3. The molecule has 2 N–H and O–H groups in total. The van der Waals surface area contributed by atoms with Crippen LogP contribution in [0.1, 0.15) is 19.4 Å². The maximum Gasteiger partial charge on any atom is 0.191 e. The highest BCUT2D eigenvalue weighted by Gasteiger charge is 2.21. The summed E-state index contributed by atoms with van der Waals surface area (Å²) in [6.45, 7) is 11.2. The van der Waals surface area contributed by atoms with E-state index >= 15 is 0 Å². The molecule has 1 aromatic carbocycles. The number of rotatable bonds is 7. The number of benzene rings is 1. The first kappa shape index (κ1) is 24.0. The summed E-state index contributed by atoms with van der Waals surface area (Å²) in [5, 5.41) is 6.77. The molecule has 2 heterocycles. The first-order chi connectivity index (χ1) is 13.6. The molecule has 0 spiro atoms. The highest BCUT2D eigenvalue weighted by atomic mass is 127. The lowest BCUT2D eigenvalue weighted by molar-refractivity contribution is -0.0284. The number of ether oxygens (including phenoxy) is 3. The smallest absolute Gasteiger partial charge is 0.191 e. The minimum absolute atomic E-state index is 0. The van der Waals surface area contributed by atoms with Crippen molar-refractivity contribution < 1.29 is 14.2 Å². The van der Waals surface area contributed by atoms with Gasteiger partial charge in [-0.2, -0.15) is 0 Å². The zero-order valence-corrected chi connectivity index (χ0v) is 20.1. The molecule has 0 saturated carbocycles. The molecule has 1 atom stereocenters. The van der Waals surface area contributed by atoms with Crippen LogP contribution in [0.25, 0.3) is 0 Å². The Morgan fingerprint density at radius 3 is 2.72 bits per heavy atom. The van der Waals surface area contributed by atoms with Crippen molar-refractivity contribution in [1.29, 1.82) is 0 Å². The standard InChI is InChI=1S/C21H34N4O3.HI/c1-16(2)14-25-8-9-26-18(15-25)13-24-21(22-3)23-7-6-17-4-5-19-20(12-17)28-11-10-27-19;/h4-5,12,16,18H,6-11,13-15H2,1-3H3,(H2,22,23,24);1H. The van der Waals surface area contributed by atoms with Crippen molar-refractivity contribution in [3.05, 3.63) is 23.8 Å². The van der Waals surface area contributed by atoms with Gasteiger partial charge in [0.15, 0.2) is 17.5 Å². The molecule has 2 aliphatic heterocycles. The van der Waals surface area contributed by atoms with Crippen LogP contribution in [0.5, 0.6) is 11.5 Å². The summed E-state index contributed by atoms with van der Waals surface area (Å²) in [4.78, 5) is 6.81. The summed E-state index contributed by atoms with van der Waals surface area (Å²) in [6.07, 6.45) is 1.09. The van der Waals surface area contributed by atoms with E-state index in [2.05, 4.69) is 46.5 Å². The Morgan fingerprint density at radius 1 is 1.17 bits per heavy atom. The largest absolute Gasteiger partial charge is 0.486 e. The lowest BCUT2D eigenvalue weighted by Gasteiger charge is -2.34. The van der Waals surface area contributed by atoms with E-state index in [-0.39, 0.29) is 30.1 Å². The van der Waals surface area contributed by atoms with Gasteiger partial charge in [0.1, 0.15) is 13.2 Å². The monoisotopic (exact) mass is 518 g/mol. The van der Waals surface area contributed by atoms with Crippen molar-refractivity contribution in [2.45, 2.75) is 26.4 Å². The highest BCUT2D eigenvalue weighted by Crippen LogP contribution is 2.30. The third-order valence-electron chi connectivity index (χ3n) is 4.88. The molecule has 0 radical (unpaired) electrons. The van der Waals surface area contributed by atoms with Crippen LogP contribution in [0.15, 0.2) is 23.2 Å². The number of hydrogen-bond donors (Lipinski definition) is 2. The third-order valence-corrected chi connectivity index (χ3v) is 4.88. The Labute approximate surface area is 191 Å². The normalized spacial score (nSPS) is 19.6. The van der Waals surface area contributed by atoms with Crippen molar-refractivity contribution in [3.8, 4) is 11.5 Å². The van der Waals surface area contributed by atoms with Crippen LogP contribution in [-0.4, -0.2) is 76.6 Å². The Balaban J connectivity index is 0.00000300. The Morgan fingerprint density at radius 2 is 1.97 bits per heavy atom. The van der Waals surface area contributed by atoms with Crippen LogP contribution in [0.3, 0.4) is 0 Å². The van der Waals surface area contributed by atoms with Crippen LogP contribution < -0.4 is 20.1 Å². The molecule has 0 amide bonds. The van der Waals surface area contributed by atoms with E-state index in [1.165, 1.54) is 5.56 Å². The van der Waals surface area contributed by atoms with Crippen molar-refractivity contribution in [2.24, 2.45) is 10.9 Å². The van der Waals surface area contributed by atoms with Crippen LogP contribution in [0.2, 0.25) is 0 Å². The van der Waals surface area contributed by atoms with E-state index in [9.17, 15) is 0 Å². The van der Waals surface area contributed by atoms with Gasteiger partial charge < -0.3 is 24.8 Å². The molecule has 2 aliphatic rings. The number of halogens is 1. The van der Waals surface area contributed by atoms with Gasteiger partial charge in [0.05, 0.1) is 12.7 Å². The molecule has 1 unspecified atom stereocenters. The van der Waals surface area contributed by atoms with Crippen LogP contribution in [0, 0.1) is 5.92 Å². The first-order valence-electron chi connectivity index (χ1n) is 10.3. The molecular formula is C21H35IN4O3. The maximum absolute atomic E-state index is 5.90. The molecule has 1 saturated heterocycles. The fourth-order valence-electron chi connectivity index (χ4n) is 3.59. The Bertz CT molecular complexity index is 657. The zero-order chi connectivity index (χ0) is 19.8. The number of hydrogen-bond acceptors (Lipinski definition) is 5. The van der Waals surface area contributed by atoms with E-state index in [1.54, 1.807) is 7.05 Å². The third kappa shape index (κ3) is 7.82. The van der Waals surface area contributed by atoms with Crippen molar-refractivity contribution in [1.82, 2.24) is 15.5 Å². The molecule has 0 aromatic heterocycles. The van der Waals surface area contributed by atoms with Gasteiger partial charge in [-0.25, -0.2) is 0 Å². The molecule has 8 heteroatoms. The summed E-state index contributed by atoms with van der Waals surface area (Å²) in [5.74, 6) is 3.16. The lowest BCUT2D eigenvalue weighted by Crippen LogP contribution is -2.50. The molecular weight excluding hydrogens is 483 g/mol. The van der Waals surface area contributed by atoms with Crippen LogP contribution in [0.4, 0.5) is 0 Å². The maximum atomic E-state index is 5.90. The second kappa shape index (κ2) is 12.4. The highest BCUT2D eigenvalue weighted by molar-refractivity contribution is 14.0. The van der Waals surface area contributed by atoms with Gasteiger partial charge in [-0.1, -0.05) is 19.9 Å². The van der Waals surface area contributed by atoms with Gasteiger partial charge in [0.2, 0.25) is 0 Å². The van der Waals surface area contributed by atoms with E-state index in [4.69, 9.17) is 14.2 Å². The SMILES string of the molecule is CN=C(NCCc1ccc2c(c1)OCCO2)NCC1CN(CC(C)C)CCO1.I. The minimum Gasteiger partial charge on any atom is -0.486 e. The fourth-order valence-corrected chi connectivity index (χ4v) is 3.59. The van der Waals surface area contributed by atoms with Gasteiger partial charge in [-0.05, 0) is 30.0 Å². The molecule has 29 heavy (non-hydrogen) atoms. The second-order valence-electron chi connectivity index (χ2n) is 7.75. The van der Waals surface area contributed by atoms with Gasteiger partial charge in [-0.3, -0.25) is 9.89 Å². The summed E-state index contributed by atoms with van der Waals surface area (Å²) >= 11 is 0. The minimum atomic E-state index is 0. The molecule has 7 nitrogen and oxygen atoms in total. The fraction of sp³-hybridized carbons (Fsp3) is 0.667. The summed E-state index contributed by atoms with van der Waals surface area (Å²) in [6, 6.07) is 6.14. The summed E-state index contributed by atoms with van der Waals surface area (Å²) < 4.78 is 17.1. The van der Waals surface area contributed by atoms with Gasteiger partial charge >= 0.3 is 0 Å². The van der Waals surface area contributed by atoms with Crippen molar-refractivity contribution >= 4 is 29.9 Å². The van der Waals surface area contributed by atoms with Crippen molar-refractivity contribution in [2.75, 3.05) is 59.6 Å². The summed E-state index contributed by atoms with van der Waals surface area (Å²) in [7, 11) is 1.80. The average Bonchev–Trinajstić information content (AvgIpc) is 2.70. The molecule has 1 fully saturated rings. The van der Waals surface area contributed by atoms with Crippen LogP contribution >= 0.6 is 24.0 Å². The van der Waals surface area contributed by atoms with Crippen LogP contribution in [-0.2, 0) is 11.2 Å². The quantitative estimate of drug-likeness (QED) is 0.328. The number of guanidine groups is 1. The molecule has 164 valence electrons. The van der Waals surface area contributed by atoms with Crippen molar-refractivity contribution in [3.63, 3.8) is 0 Å². The average molecular weight is 518 g/mol. The van der Waals surface area contributed by atoms with Gasteiger partial charge in [0, 0.05) is 39.8 Å². The topological polar surface area (TPSA) is 67.4 Å². The number of nitrogens with one attached hydrogen (secondary N) is 2. The van der Waals surface area contributed by atoms with Gasteiger partial charge in [-0.15, -0.1) is 24.0 Å². The Hall–Kier alpha value is -1.26. The molecule has 0 bridgehead atoms. The number of morpholine rings is 1. The van der Waals surface area contributed by atoms with Gasteiger partial charge in [0.25, 0.3) is 0 Å². The number of aliphatic imine (C=N–C) groups is 1. The number of fused-ring (bicyclic) bond motifs is 1. The lowest BCUT2D eigenvalue weighted by atomic mass is 10.1. The van der Waals surface area contributed by atoms with E-state index in [0.29, 0.717) is 19.1 Å². The molecule has 1 aromatic rings. The van der Waals surface area contributed by atoms with E-state index < -0.39 is 0 Å². The predicted octanol–water partition coefficient (Wildman–Crippen LogP) is 2.14. The predicted molar refractivity (Wildman–Crippen MR) is 127 cm³/mol.